The number of sulfonamides is 1. The van der Waals surface area contributed by atoms with Crippen LogP contribution in [0.15, 0.2) is 23.1 Å². The van der Waals surface area contributed by atoms with E-state index in [-0.39, 0.29) is 22.9 Å². The van der Waals surface area contributed by atoms with E-state index in [0.717, 1.165) is 12.5 Å². The van der Waals surface area contributed by atoms with Gasteiger partial charge < -0.3 is 5.73 Å². The maximum absolute atomic E-state index is 13.7. The largest absolute Gasteiger partial charge is 0.326 e. The maximum Gasteiger partial charge on any atom is 0.243 e. The average Bonchev–Trinajstić information content (AvgIpc) is 2.84. The molecule has 0 aliphatic heterocycles. The summed E-state index contributed by atoms with van der Waals surface area (Å²) < 4.78 is 40.3. The van der Waals surface area contributed by atoms with Crippen LogP contribution in [0, 0.1) is 11.2 Å². The van der Waals surface area contributed by atoms with Crippen LogP contribution in [0.2, 0.25) is 0 Å². The van der Waals surface area contributed by atoms with Crippen LogP contribution in [-0.4, -0.2) is 14.5 Å². The fraction of sp³-hybridized carbons (Fsp3) is 0.500. The van der Waals surface area contributed by atoms with Crippen molar-refractivity contribution in [2.24, 2.45) is 11.1 Å². The van der Waals surface area contributed by atoms with Crippen molar-refractivity contribution < 1.29 is 12.8 Å². The highest BCUT2D eigenvalue weighted by molar-refractivity contribution is 7.89. The van der Waals surface area contributed by atoms with Gasteiger partial charge in [0.1, 0.15) is 10.7 Å². The van der Waals surface area contributed by atoms with Crippen molar-refractivity contribution >= 4 is 10.0 Å². The van der Waals surface area contributed by atoms with Crippen LogP contribution in [-0.2, 0) is 16.6 Å². The molecule has 0 saturated heterocycles. The van der Waals surface area contributed by atoms with Gasteiger partial charge in [-0.2, -0.15) is 0 Å². The molecular weight excluding hydrogens is 255 g/mol. The Morgan fingerprint density at radius 2 is 2.11 bits per heavy atom. The van der Waals surface area contributed by atoms with Gasteiger partial charge in [-0.3, -0.25) is 0 Å². The van der Waals surface area contributed by atoms with Crippen LogP contribution in [0.4, 0.5) is 4.39 Å². The van der Waals surface area contributed by atoms with Crippen LogP contribution >= 0.6 is 0 Å². The molecule has 1 aliphatic rings. The summed E-state index contributed by atoms with van der Waals surface area (Å²) in [7, 11) is -3.79. The number of nitrogens with two attached hydrogens (primary N) is 1. The summed E-state index contributed by atoms with van der Waals surface area (Å²) >= 11 is 0. The molecule has 3 N–H and O–H groups in total. The highest BCUT2D eigenvalue weighted by atomic mass is 32.2. The molecule has 2 rings (SSSR count). The third-order valence-corrected chi connectivity index (χ3v) is 4.84. The third-order valence-electron chi connectivity index (χ3n) is 3.33. The van der Waals surface area contributed by atoms with Gasteiger partial charge in [0.15, 0.2) is 0 Å². The lowest BCUT2D eigenvalue weighted by Gasteiger charge is -2.09. The van der Waals surface area contributed by atoms with Gasteiger partial charge >= 0.3 is 0 Å². The molecular formula is C12H17FN2O2S. The number of nitrogens with one attached hydrogen (secondary N) is 1. The minimum atomic E-state index is -3.79. The normalized spacial score (nSPS) is 21.9. The van der Waals surface area contributed by atoms with E-state index in [2.05, 4.69) is 4.72 Å². The Kier molecular flexibility index (Phi) is 3.21. The summed E-state index contributed by atoms with van der Waals surface area (Å²) in [4.78, 5) is -0.317. The van der Waals surface area contributed by atoms with Crippen LogP contribution in [0.3, 0.4) is 0 Å². The van der Waals surface area contributed by atoms with E-state index in [9.17, 15) is 12.8 Å². The number of hydrogen-bond acceptors (Lipinski definition) is 3. The lowest BCUT2D eigenvalue weighted by Crippen LogP contribution is -2.29. The first-order valence-corrected chi connectivity index (χ1v) is 7.25. The molecule has 0 spiro atoms. The monoisotopic (exact) mass is 272 g/mol. The number of hydrogen-bond donors (Lipinski definition) is 2. The highest BCUT2D eigenvalue weighted by Gasteiger charge is 2.48. The first kappa shape index (κ1) is 13.5. The predicted octanol–water partition coefficient (Wildman–Crippen LogP) is 1.36. The Morgan fingerprint density at radius 3 is 2.56 bits per heavy atom. The molecule has 6 heteroatoms. The van der Waals surface area contributed by atoms with Crippen molar-refractivity contribution in [3.63, 3.8) is 0 Å². The fourth-order valence-corrected chi connectivity index (χ4v) is 3.28. The minimum absolute atomic E-state index is 0.0409. The maximum atomic E-state index is 13.7. The molecule has 1 fully saturated rings. The van der Waals surface area contributed by atoms with Crippen molar-refractivity contribution in [2.45, 2.75) is 37.8 Å². The van der Waals surface area contributed by atoms with E-state index in [0.29, 0.717) is 5.56 Å². The SMILES string of the molecule is CC1(C)CC1NS(=O)(=O)c1ccc(CN)cc1F. The van der Waals surface area contributed by atoms with Gasteiger partial charge in [-0.1, -0.05) is 19.9 Å². The highest BCUT2D eigenvalue weighted by Crippen LogP contribution is 2.45. The molecule has 0 aromatic heterocycles. The standard InChI is InChI=1S/C12H17FN2O2S/c1-12(2)6-11(12)15-18(16,17)10-4-3-8(7-14)5-9(10)13/h3-5,11,15H,6-7,14H2,1-2H3. The molecule has 1 atom stereocenters. The zero-order chi connectivity index (χ0) is 13.6. The first-order chi connectivity index (χ1) is 8.26. The van der Waals surface area contributed by atoms with Gasteiger partial charge in [0, 0.05) is 12.6 Å². The van der Waals surface area contributed by atoms with Crippen LogP contribution in [0.1, 0.15) is 25.8 Å². The van der Waals surface area contributed by atoms with Gasteiger partial charge in [-0.15, -0.1) is 0 Å². The number of halogens is 1. The van der Waals surface area contributed by atoms with Gasteiger partial charge in [-0.25, -0.2) is 17.5 Å². The second-order valence-corrected chi connectivity index (χ2v) is 7.02. The fourth-order valence-electron chi connectivity index (χ4n) is 1.81. The summed E-state index contributed by atoms with van der Waals surface area (Å²) in [5.74, 6) is -0.760. The Morgan fingerprint density at radius 1 is 1.50 bits per heavy atom. The van der Waals surface area contributed by atoms with Crippen molar-refractivity contribution in [3.05, 3.63) is 29.6 Å². The second kappa shape index (κ2) is 4.29. The molecule has 0 bridgehead atoms. The molecule has 1 aliphatic carbocycles. The van der Waals surface area contributed by atoms with Gasteiger partial charge in [0.05, 0.1) is 0 Å². The number of benzene rings is 1. The molecule has 0 amide bonds. The molecule has 100 valence electrons. The summed E-state index contributed by atoms with van der Waals surface area (Å²) in [6, 6.07) is 3.83. The Bertz CT molecular complexity index is 569. The lowest BCUT2D eigenvalue weighted by atomic mass is 10.2. The number of rotatable bonds is 4. The Hall–Kier alpha value is -0.980. The summed E-state index contributed by atoms with van der Waals surface area (Å²) in [5.41, 5.74) is 5.90. The quantitative estimate of drug-likeness (QED) is 0.869. The second-order valence-electron chi connectivity index (χ2n) is 5.34. The third kappa shape index (κ3) is 2.55. The average molecular weight is 272 g/mol. The molecule has 1 unspecified atom stereocenters. The van der Waals surface area contributed by atoms with Gasteiger partial charge in [-0.05, 0) is 29.5 Å². The first-order valence-electron chi connectivity index (χ1n) is 5.77. The Labute approximate surface area is 106 Å². The molecule has 1 aromatic rings. The summed E-state index contributed by atoms with van der Waals surface area (Å²) in [5, 5.41) is 0. The molecule has 4 nitrogen and oxygen atoms in total. The van der Waals surface area contributed by atoms with Gasteiger partial charge in [0.25, 0.3) is 0 Å². The molecule has 18 heavy (non-hydrogen) atoms. The molecule has 1 saturated carbocycles. The summed E-state index contributed by atoms with van der Waals surface area (Å²) in [6.45, 7) is 4.11. The van der Waals surface area contributed by atoms with E-state index in [4.69, 9.17) is 5.73 Å². The summed E-state index contributed by atoms with van der Waals surface area (Å²) in [6.07, 6.45) is 0.773. The minimum Gasteiger partial charge on any atom is -0.326 e. The van der Waals surface area contributed by atoms with Crippen molar-refractivity contribution in [1.82, 2.24) is 4.72 Å². The molecule has 0 heterocycles. The lowest BCUT2D eigenvalue weighted by molar-refractivity contribution is 0.540. The smallest absolute Gasteiger partial charge is 0.243 e. The van der Waals surface area contributed by atoms with E-state index in [1.54, 1.807) is 0 Å². The zero-order valence-electron chi connectivity index (χ0n) is 10.4. The molecule has 0 radical (unpaired) electrons. The van der Waals surface area contributed by atoms with Crippen LogP contribution in [0.25, 0.3) is 0 Å². The predicted molar refractivity (Wildman–Crippen MR) is 66.8 cm³/mol. The van der Waals surface area contributed by atoms with Crippen LogP contribution < -0.4 is 10.5 Å². The van der Waals surface area contributed by atoms with Crippen molar-refractivity contribution in [2.75, 3.05) is 0 Å². The van der Waals surface area contributed by atoms with E-state index in [1.165, 1.54) is 12.1 Å². The van der Waals surface area contributed by atoms with Crippen LogP contribution in [0.5, 0.6) is 0 Å². The van der Waals surface area contributed by atoms with E-state index in [1.807, 2.05) is 13.8 Å². The van der Waals surface area contributed by atoms with Crippen molar-refractivity contribution in [3.8, 4) is 0 Å². The molecule has 1 aromatic carbocycles. The zero-order valence-corrected chi connectivity index (χ0v) is 11.2. The van der Waals surface area contributed by atoms with E-state index >= 15 is 0 Å². The topological polar surface area (TPSA) is 72.2 Å². The van der Waals surface area contributed by atoms with Crippen molar-refractivity contribution in [1.29, 1.82) is 0 Å². The van der Waals surface area contributed by atoms with E-state index < -0.39 is 15.8 Å². The van der Waals surface area contributed by atoms with Gasteiger partial charge in [0.2, 0.25) is 10.0 Å². The Balaban J connectivity index is 2.25.